The van der Waals surface area contributed by atoms with Gasteiger partial charge in [-0.25, -0.2) is 0 Å². The van der Waals surface area contributed by atoms with Gasteiger partial charge in [0, 0.05) is 11.1 Å². The summed E-state index contributed by atoms with van der Waals surface area (Å²) in [6.45, 7) is 0. The number of nitrogens with zero attached hydrogens (tertiary/aromatic N) is 2. The summed E-state index contributed by atoms with van der Waals surface area (Å²) in [5.41, 5.74) is 3.14. The van der Waals surface area contributed by atoms with Crippen molar-refractivity contribution in [3.63, 3.8) is 0 Å². The fourth-order valence-electron chi connectivity index (χ4n) is 3.40. The molecular weight excluding hydrogens is 336 g/mol. The van der Waals surface area contributed by atoms with Crippen molar-refractivity contribution in [2.45, 2.75) is 32.1 Å². The van der Waals surface area contributed by atoms with Gasteiger partial charge in [-0.05, 0) is 42.2 Å². The van der Waals surface area contributed by atoms with E-state index in [4.69, 9.17) is 4.52 Å². The second-order valence-corrected chi connectivity index (χ2v) is 6.52. The molecule has 1 aliphatic carbocycles. The second-order valence-electron chi connectivity index (χ2n) is 6.52. The highest BCUT2D eigenvalue weighted by molar-refractivity contribution is 5.85. The Morgan fingerprint density at radius 3 is 2.24 bits per heavy atom. The minimum absolute atomic E-state index is 0. The van der Waals surface area contributed by atoms with Gasteiger partial charge in [0.25, 0.3) is 5.89 Å². The molecule has 0 spiro atoms. The number of aromatic hydroxyl groups is 1. The number of hydrogen-bond donors (Lipinski definition) is 1. The molecule has 1 aliphatic rings. The second kappa shape index (κ2) is 7.70. The first-order valence-electron chi connectivity index (χ1n) is 8.50. The summed E-state index contributed by atoms with van der Waals surface area (Å²) >= 11 is 0. The van der Waals surface area contributed by atoms with Crippen LogP contribution in [0.3, 0.4) is 0 Å². The molecule has 4 rings (SSSR count). The average Bonchev–Trinajstić information content (AvgIpc) is 3.28. The van der Waals surface area contributed by atoms with Crippen LogP contribution in [0, 0.1) is 5.92 Å². The highest BCUT2D eigenvalue weighted by atomic mass is 35.5. The van der Waals surface area contributed by atoms with E-state index in [1.807, 2.05) is 0 Å². The maximum absolute atomic E-state index is 9.35. The lowest BCUT2D eigenvalue weighted by Crippen LogP contribution is -1.98. The number of phenols is 1. The Morgan fingerprint density at radius 1 is 0.920 bits per heavy atom. The van der Waals surface area contributed by atoms with Crippen molar-refractivity contribution < 1.29 is 9.63 Å². The van der Waals surface area contributed by atoms with Gasteiger partial charge >= 0.3 is 0 Å². The molecule has 1 heterocycles. The minimum Gasteiger partial charge on any atom is -0.508 e. The third-order valence-electron chi connectivity index (χ3n) is 4.75. The summed E-state index contributed by atoms with van der Waals surface area (Å²) in [7, 11) is 0. The summed E-state index contributed by atoms with van der Waals surface area (Å²) in [4.78, 5) is 4.45. The normalized spacial score (nSPS) is 14.4. The van der Waals surface area contributed by atoms with Crippen molar-refractivity contribution in [1.29, 1.82) is 0 Å². The first-order chi connectivity index (χ1) is 11.8. The van der Waals surface area contributed by atoms with Gasteiger partial charge in [-0.15, -0.1) is 12.4 Å². The maximum atomic E-state index is 9.35. The predicted molar refractivity (Wildman–Crippen MR) is 99.7 cm³/mol. The number of aromatic nitrogens is 2. The van der Waals surface area contributed by atoms with Gasteiger partial charge in [0.15, 0.2) is 0 Å². The fourth-order valence-corrected chi connectivity index (χ4v) is 3.40. The van der Waals surface area contributed by atoms with E-state index in [1.165, 1.54) is 37.7 Å². The lowest BCUT2D eigenvalue weighted by atomic mass is 9.97. The van der Waals surface area contributed by atoms with E-state index in [1.54, 1.807) is 24.3 Å². The van der Waals surface area contributed by atoms with E-state index in [9.17, 15) is 5.11 Å². The number of rotatable bonds is 4. The van der Waals surface area contributed by atoms with Gasteiger partial charge in [0.2, 0.25) is 5.82 Å². The number of phenolic OH excluding ortho intramolecular Hbond substituents is 1. The van der Waals surface area contributed by atoms with Crippen LogP contribution in [0.15, 0.2) is 53.1 Å². The van der Waals surface area contributed by atoms with Crippen LogP contribution in [0.4, 0.5) is 0 Å². The molecule has 0 unspecified atom stereocenters. The zero-order chi connectivity index (χ0) is 16.4. The molecule has 5 heteroatoms. The van der Waals surface area contributed by atoms with Crippen LogP contribution < -0.4 is 0 Å². The van der Waals surface area contributed by atoms with Gasteiger partial charge in [0.05, 0.1) is 0 Å². The first kappa shape index (κ1) is 17.5. The quantitative estimate of drug-likeness (QED) is 0.692. The molecule has 0 amide bonds. The Morgan fingerprint density at radius 2 is 1.56 bits per heavy atom. The van der Waals surface area contributed by atoms with Gasteiger partial charge < -0.3 is 9.63 Å². The summed E-state index contributed by atoms with van der Waals surface area (Å²) in [6, 6.07) is 15.2. The monoisotopic (exact) mass is 356 g/mol. The molecule has 1 saturated carbocycles. The van der Waals surface area contributed by atoms with Crippen LogP contribution in [0.25, 0.3) is 22.8 Å². The molecule has 4 nitrogen and oxygen atoms in total. The van der Waals surface area contributed by atoms with Gasteiger partial charge in [-0.2, -0.15) is 4.98 Å². The van der Waals surface area contributed by atoms with Crippen molar-refractivity contribution >= 4 is 12.4 Å². The maximum Gasteiger partial charge on any atom is 0.258 e. The van der Waals surface area contributed by atoms with E-state index >= 15 is 0 Å². The molecule has 130 valence electrons. The SMILES string of the molecule is Cl.Oc1ccc(-c2nc(-c3ccc(CC4CCCC4)cc3)no2)cc1. The Balaban J connectivity index is 0.00000182. The Labute approximate surface area is 153 Å². The van der Waals surface area contributed by atoms with Crippen molar-refractivity contribution in [2.24, 2.45) is 5.92 Å². The van der Waals surface area contributed by atoms with E-state index in [0.29, 0.717) is 11.7 Å². The molecule has 1 N–H and O–H groups in total. The third kappa shape index (κ3) is 4.02. The van der Waals surface area contributed by atoms with Crippen LogP contribution in [0.1, 0.15) is 31.2 Å². The van der Waals surface area contributed by atoms with Crippen molar-refractivity contribution in [1.82, 2.24) is 10.1 Å². The molecule has 1 fully saturated rings. The summed E-state index contributed by atoms with van der Waals surface area (Å²) in [6.07, 6.45) is 6.66. The standard InChI is InChI=1S/C20H20N2O2.ClH/c23-18-11-9-17(10-12-18)20-21-19(22-24-20)16-7-5-15(6-8-16)13-14-3-1-2-4-14;/h5-12,14,23H,1-4,13H2;1H. The molecule has 0 atom stereocenters. The number of benzene rings is 2. The van der Waals surface area contributed by atoms with E-state index in [2.05, 4.69) is 34.4 Å². The molecule has 2 aromatic carbocycles. The van der Waals surface area contributed by atoms with E-state index in [-0.39, 0.29) is 18.2 Å². The van der Waals surface area contributed by atoms with Gasteiger partial charge in [0.1, 0.15) is 5.75 Å². The van der Waals surface area contributed by atoms with Crippen LogP contribution in [-0.2, 0) is 6.42 Å². The first-order valence-corrected chi connectivity index (χ1v) is 8.50. The molecule has 25 heavy (non-hydrogen) atoms. The molecule has 0 saturated heterocycles. The van der Waals surface area contributed by atoms with Crippen LogP contribution in [0.5, 0.6) is 5.75 Å². The van der Waals surface area contributed by atoms with E-state index < -0.39 is 0 Å². The lowest BCUT2D eigenvalue weighted by molar-refractivity contribution is 0.432. The zero-order valence-corrected chi connectivity index (χ0v) is 14.7. The average molecular weight is 357 g/mol. The zero-order valence-electron chi connectivity index (χ0n) is 13.9. The van der Waals surface area contributed by atoms with Crippen LogP contribution in [0.2, 0.25) is 0 Å². The van der Waals surface area contributed by atoms with E-state index in [0.717, 1.165) is 17.0 Å². The minimum atomic E-state index is 0. The van der Waals surface area contributed by atoms with Gasteiger partial charge in [-0.3, -0.25) is 0 Å². The molecular formula is C20H21ClN2O2. The Hall–Kier alpha value is -2.33. The van der Waals surface area contributed by atoms with Crippen molar-refractivity contribution in [2.75, 3.05) is 0 Å². The Bertz CT molecular complexity index is 806. The number of halogens is 1. The largest absolute Gasteiger partial charge is 0.508 e. The number of hydrogen-bond acceptors (Lipinski definition) is 4. The predicted octanol–water partition coefficient (Wildman–Crippen LogP) is 5.26. The third-order valence-corrected chi connectivity index (χ3v) is 4.75. The summed E-state index contributed by atoms with van der Waals surface area (Å²) in [5, 5.41) is 13.4. The Kier molecular flexibility index (Phi) is 5.39. The van der Waals surface area contributed by atoms with Gasteiger partial charge in [-0.1, -0.05) is 55.1 Å². The van der Waals surface area contributed by atoms with Crippen LogP contribution >= 0.6 is 12.4 Å². The summed E-state index contributed by atoms with van der Waals surface area (Å²) < 4.78 is 5.34. The lowest BCUT2D eigenvalue weighted by Gasteiger charge is -2.08. The topological polar surface area (TPSA) is 59.2 Å². The fraction of sp³-hybridized carbons (Fsp3) is 0.300. The van der Waals surface area contributed by atoms with Crippen LogP contribution in [-0.4, -0.2) is 15.2 Å². The molecule has 0 radical (unpaired) electrons. The smallest absolute Gasteiger partial charge is 0.258 e. The van der Waals surface area contributed by atoms with Crippen molar-refractivity contribution in [3.8, 4) is 28.6 Å². The highest BCUT2D eigenvalue weighted by Gasteiger charge is 2.16. The van der Waals surface area contributed by atoms with Crippen molar-refractivity contribution in [3.05, 3.63) is 54.1 Å². The molecule has 0 bridgehead atoms. The molecule has 3 aromatic rings. The molecule has 0 aliphatic heterocycles. The summed E-state index contributed by atoms with van der Waals surface area (Å²) in [5.74, 6) is 2.11. The highest BCUT2D eigenvalue weighted by Crippen LogP contribution is 2.29. The molecule has 1 aromatic heterocycles.